The van der Waals surface area contributed by atoms with E-state index in [1.165, 1.54) is 0 Å². The van der Waals surface area contributed by atoms with Crippen LogP contribution in [0.3, 0.4) is 0 Å². The average molecular weight is 267 g/mol. The van der Waals surface area contributed by atoms with Crippen LogP contribution in [0.15, 0.2) is 0 Å². The summed E-state index contributed by atoms with van der Waals surface area (Å²) in [5.74, 6) is 0.474. The van der Waals surface area contributed by atoms with Crippen LogP contribution in [-0.4, -0.2) is 60.4 Å². The Morgan fingerprint density at radius 1 is 1.37 bits per heavy atom. The molecule has 2 aliphatic rings. The molecule has 3 atom stereocenters. The highest BCUT2D eigenvalue weighted by molar-refractivity contribution is 5.97. The lowest BCUT2D eigenvalue weighted by Gasteiger charge is -2.41. The van der Waals surface area contributed by atoms with Crippen LogP contribution < -0.4 is 5.32 Å². The number of hydrogen-bond donors (Lipinski definition) is 1. The minimum atomic E-state index is -0.348. The zero-order valence-corrected chi connectivity index (χ0v) is 12.3. The standard InChI is InChI=1S/C14H25N3O2/c1-9(7-8-16(3)4)17-10(2)13(18)15-12(14(17)19)11-5-6-11/h9-12H,5-8H2,1-4H3,(H,15,18). The highest BCUT2D eigenvalue weighted by atomic mass is 16.2. The number of carbonyl (C=O) groups is 2. The molecule has 5 heteroatoms. The maximum atomic E-state index is 12.5. The first-order valence-electron chi connectivity index (χ1n) is 7.19. The van der Waals surface area contributed by atoms with Crippen molar-refractivity contribution in [3.05, 3.63) is 0 Å². The van der Waals surface area contributed by atoms with Gasteiger partial charge in [-0.2, -0.15) is 0 Å². The highest BCUT2D eigenvalue weighted by Crippen LogP contribution is 2.35. The molecule has 0 spiro atoms. The smallest absolute Gasteiger partial charge is 0.246 e. The Hall–Kier alpha value is -1.10. The van der Waals surface area contributed by atoms with Gasteiger partial charge in [0.25, 0.3) is 0 Å². The van der Waals surface area contributed by atoms with Gasteiger partial charge in [0.2, 0.25) is 11.8 Å². The van der Waals surface area contributed by atoms with Crippen LogP contribution in [0, 0.1) is 5.92 Å². The van der Waals surface area contributed by atoms with Crippen molar-refractivity contribution in [3.63, 3.8) is 0 Å². The van der Waals surface area contributed by atoms with Crippen molar-refractivity contribution in [2.45, 2.75) is 51.2 Å². The Kier molecular flexibility index (Phi) is 4.13. The van der Waals surface area contributed by atoms with E-state index >= 15 is 0 Å². The first kappa shape index (κ1) is 14.3. The SMILES string of the molecule is CC(CCN(C)C)N1C(=O)C(C2CC2)NC(=O)C1C. The van der Waals surface area contributed by atoms with Crippen molar-refractivity contribution in [2.75, 3.05) is 20.6 Å². The minimum Gasteiger partial charge on any atom is -0.342 e. The maximum Gasteiger partial charge on any atom is 0.246 e. The van der Waals surface area contributed by atoms with Crippen molar-refractivity contribution < 1.29 is 9.59 Å². The first-order chi connectivity index (χ1) is 8.91. The number of hydrogen-bond acceptors (Lipinski definition) is 3. The Balaban J connectivity index is 2.06. The first-order valence-corrected chi connectivity index (χ1v) is 7.19. The van der Waals surface area contributed by atoms with Crippen LogP contribution in [0.5, 0.6) is 0 Å². The van der Waals surface area contributed by atoms with Gasteiger partial charge in [-0.25, -0.2) is 0 Å². The summed E-state index contributed by atoms with van der Waals surface area (Å²) in [5.41, 5.74) is 0. The van der Waals surface area contributed by atoms with E-state index in [1.54, 1.807) is 4.90 Å². The van der Waals surface area contributed by atoms with Gasteiger partial charge in [-0.1, -0.05) is 0 Å². The third kappa shape index (κ3) is 3.08. The number of rotatable bonds is 5. The number of nitrogens with one attached hydrogen (secondary N) is 1. The van der Waals surface area contributed by atoms with Gasteiger partial charge in [0.05, 0.1) is 0 Å². The Bertz CT molecular complexity index is 366. The van der Waals surface area contributed by atoms with Crippen molar-refractivity contribution in [2.24, 2.45) is 5.92 Å². The predicted octanol–water partition coefficient (Wildman–Crippen LogP) is 0.452. The average Bonchev–Trinajstić information content (AvgIpc) is 3.15. The van der Waals surface area contributed by atoms with Crippen molar-refractivity contribution in [3.8, 4) is 0 Å². The number of nitrogens with zero attached hydrogens (tertiary/aromatic N) is 2. The fourth-order valence-corrected chi connectivity index (χ4v) is 2.75. The third-order valence-electron chi connectivity index (χ3n) is 4.18. The van der Waals surface area contributed by atoms with Gasteiger partial charge in [0.15, 0.2) is 0 Å². The number of piperazine rings is 1. The van der Waals surface area contributed by atoms with Crippen LogP contribution in [0.2, 0.25) is 0 Å². The van der Waals surface area contributed by atoms with Crippen LogP contribution in [0.1, 0.15) is 33.1 Å². The lowest BCUT2D eigenvalue weighted by molar-refractivity contribution is -0.151. The van der Waals surface area contributed by atoms with Gasteiger partial charge in [-0.3, -0.25) is 9.59 Å². The molecule has 1 aliphatic heterocycles. The molecular weight excluding hydrogens is 242 g/mol. The summed E-state index contributed by atoms with van der Waals surface area (Å²) in [5, 5.41) is 2.89. The van der Waals surface area contributed by atoms with E-state index in [9.17, 15) is 9.59 Å². The van der Waals surface area contributed by atoms with E-state index in [-0.39, 0.29) is 29.9 Å². The topological polar surface area (TPSA) is 52.6 Å². The lowest BCUT2D eigenvalue weighted by Crippen LogP contribution is -2.65. The second kappa shape index (κ2) is 5.49. The van der Waals surface area contributed by atoms with Crippen LogP contribution >= 0.6 is 0 Å². The molecule has 2 fully saturated rings. The molecule has 1 aliphatic carbocycles. The molecule has 0 aromatic carbocycles. The fourth-order valence-electron chi connectivity index (χ4n) is 2.75. The number of carbonyl (C=O) groups excluding carboxylic acids is 2. The summed E-state index contributed by atoms with van der Waals surface area (Å²) in [4.78, 5) is 28.5. The predicted molar refractivity (Wildman–Crippen MR) is 73.6 cm³/mol. The monoisotopic (exact) mass is 267 g/mol. The van der Waals surface area contributed by atoms with Crippen LogP contribution in [0.4, 0.5) is 0 Å². The highest BCUT2D eigenvalue weighted by Gasteiger charge is 2.46. The normalized spacial score (nSPS) is 29.6. The quantitative estimate of drug-likeness (QED) is 0.787. The van der Waals surface area contributed by atoms with Crippen molar-refractivity contribution in [1.29, 1.82) is 0 Å². The van der Waals surface area contributed by atoms with E-state index in [2.05, 4.69) is 10.2 Å². The van der Waals surface area contributed by atoms with E-state index in [0.717, 1.165) is 25.8 Å². The fraction of sp³-hybridized carbons (Fsp3) is 0.857. The lowest BCUT2D eigenvalue weighted by atomic mass is 10.0. The molecule has 2 amide bonds. The van der Waals surface area contributed by atoms with E-state index < -0.39 is 0 Å². The van der Waals surface area contributed by atoms with Crippen LogP contribution in [-0.2, 0) is 9.59 Å². The molecule has 0 aromatic heterocycles. The third-order valence-corrected chi connectivity index (χ3v) is 4.18. The molecule has 0 bridgehead atoms. The van der Waals surface area contributed by atoms with E-state index in [0.29, 0.717) is 5.92 Å². The summed E-state index contributed by atoms with van der Waals surface area (Å²) in [7, 11) is 4.04. The number of amides is 2. The van der Waals surface area contributed by atoms with Gasteiger partial charge in [-0.05, 0) is 59.7 Å². The summed E-state index contributed by atoms with van der Waals surface area (Å²) < 4.78 is 0. The molecule has 2 rings (SSSR count). The zero-order chi connectivity index (χ0) is 14.2. The minimum absolute atomic E-state index is 0.00629. The summed E-state index contributed by atoms with van der Waals surface area (Å²) in [6.45, 7) is 4.79. The van der Waals surface area contributed by atoms with Gasteiger partial charge in [0.1, 0.15) is 12.1 Å². The zero-order valence-electron chi connectivity index (χ0n) is 12.3. The van der Waals surface area contributed by atoms with Crippen LogP contribution in [0.25, 0.3) is 0 Å². The molecule has 1 saturated carbocycles. The van der Waals surface area contributed by atoms with Crippen molar-refractivity contribution >= 4 is 11.8 Å². The Morgan fingerprint density at radius 3 is 2.53 bits per heavy atom. The Labute approximate surface area is 115 Å². The molecule has 1 N–H and O–H groups in total. The molecule has 5 nitrogen and oxygen atoms in total. The molecule has 108 valence electrons. The molecule has 0 aromatic rings. The van der Waals surface area contributed by atoms with Crippen molar-refractivity contribution in [1.82, 2.24) is 15.1 Å². The second-order valence-corrected chi connectivity index (χ2v) is 6.19. The largest absolute Gasteiger partial charge is 0.342 e. The van der Waals surface area contributed by atoms with E-state index in [1.807, 2.05) is 27.9 Å². The summed E-state index contributed by atoms with van der Waals surface area (Å²) in [6, 6.07) is -0.512. The van der Waals surface area contributed by atoms with Gasteiger partial charge >= 0.3 is 0 Å². The maximum absolute atomic E-state index is 12.5. The molecule has 0 radical (unpaired) electrons. The molecule has 1 saturated heterocycles. The van der Waals surface area contributed by atoms with Gasteiger partial charge in [-0.15, -0.1) is 0 Å². The molecule has 19 heavy (non-hydrogen) atoms. The van der Waals surface area contributed by atoms with Gasteiger partial charge < -0.3 is 15.1 Å². The second-order valence-electron chi connectivity index (χ2n) is 6.19. The molecule has 1 heterocycles. The Morgan fingerprint density at radius 2 is 2.00 bits per heavy atom. The van der Waals surface area contributed by atoms with E-state index in [4.69, 9.17) is 0 Å². The molecule has 3 unspecified atom stereocenters. The van der Waals surface area contributed by atoms with Gasteiger partial charge in [0, 0.05) is 6.04 Å². The summed E-state index contributed by atoms with van der Waals surface area (Å²) in [6.07, 6.45) is 3.02. The molecular formula is C14H25N3O2. The summed E-state index contributed by atoms with van der Waals surface area (Å²) >= 11 is 0.